The lowest BCUT2D eigenvalue weighted by Gasteiger charge is -2.28. The largest absolute Gasteiger partial charge is 0.756 e. The average Bonchev–Trinajstić information content (AvgIpc) is 3.11. The minimum atomic E-state index is -4.53. The number of carbonyl (C=O) groups excluding carboxylic acids is 1. The molecule has 0 bridgehead atoms. The molecular formula is C44H84NO7P. The van der Waals surface area contributed by atoms with Gasteiger partial charge in [0.2, 0.25) is 0 Å². The van der Waals surface area contributed by atoms with Crippen LogP contribution in [-0.4, -0.2) is 70.7 Å². The molecule has 0 aliphatic rings. The number of rotatable bonds is 40. The van der Waals surface area contributed by atoms with E-state index in [1.165, 1.54) is 103 Å². The first kappa shape index (κ1) is 51.7. The summed E-state index contributed by atoms with van der Waals surface area (Å²) in [6.07, 6.45) is 42.9. The standard InChI is InChI=1S/C44H84NO7P/c1-6-8-10-12-14-16-18-20-22-23-24-25-27-29-31-33-35-37-44(46)52-43(42-51-53(47,48)50-40-38-45(3,4)5)41-49-39-36-34-32-30-28-26-21-19-17-15-13-11-9-7-2/h11,13,17,19-20,22,43H,6-10,12,14-16,18,21,23-42H2,1-5H3/b13-11-,19-17-,22-20-. The molecule has 9 heteroatoms. The number of nitrogens with zero attached hydrogens (tertiary/aromatic N) is 1. The smallest absolute Gasteiger partial charge is 0.306 e. The van der Waals surface area contributed by atoms with Crippen LogP contribution in [0.1, 0.15) is 181 Å². The molecule has 0 N–H and O–H groups in total. The third-order valence-electron chi connectivity index (χ3n) is 9.14. The number of quaternary nitrogens is 1. The highest BCUT2D eigenvalue weighted by Gasteiger charge is 2.20. The van der Waals surface area contributed by atoms with Gasteiger partial charge >= 0.3 is 5.97 Å². The molecule has 0 aromatic heterocycles. The third kappa shape index (κ3) is 41.7. The first-order valence-electron chi connectivity index (χ1n) is 21.7. The zero-order valence-electron chi connectivity index (χ0n) is 35.2. The van der Waals surface area contributed by atoms with Crippen LogP contribution >= 0.6 is 7.82 Å². The van der Waals surface area contributed by atoms with E-state index in [2.05, 4.69) is 50.3 Å². The Hall–Kier alpha value is -1.28. The molecule has 53 heavy (non-hydrogen) atoms. The molecule has 312 valence electrons. The lowest BCUT2D eigenvalue weighted by molar-refractivity contribution is -0.870. The molecule has 0 aliphatic heterocycles. The molecule has 0 amide bonds. The number of esters is 1. The predicted octanol–water partition coefficient (Wildman–Crippen LogP) is 12.0. The molecule has 0 spiro atoms. The number of ether oxygens (including phenoxy) is 2. The minimum absolute atomic E-state index is 0.0228. The second-order valence-corrected chi connectivity index (χ2v) is 17.1. The first-order chi connectivity index (χ1) is 25.6. The van der Waals surface area contributed by atoms with E-state index < -0.39 is 13.9 Å². The highest BCUT2D eigenvalue weighted by molar-refractivity contribution is 7.45. The van der Waals surface area contributed by atoms with Gasteiger partial charge in [0.15, 0.2) is 0 Å². The molecular weight excluding hydrogens is 685 g/mol. The topological polar surface area (TPSA) is 94.1 Å². The van der Waals surface area contributed by atoms with Gasteiger partial charge in [-0.15, -0.1) is 0 Å². The van der Waals surface area contributed by atoms with Crippen molar-refractivity contribution in [2.75, 3.05) is 54.1 Å². The third-order valence-corrected chi connectivity index (χ3v) is 10.1. The molecule has 0 heterocycles. The fourth-order valence-electron chi connectivity index (χ4n) is 5.75. The summed E-state index contributed by atoms with van der Waals surface area (Å²) in [5, 5.41) is 0. The van der Waals surface area contributed by atoms with Crippen molar-refractivity contribution < 1.29 is 37.3 Å². The van der Waals surface area contributed by atoms with Crippen molar-refractivity contribution in [3.8, 4) is 0 Å². The molecule has 0 aromatic carbocycles. The van der Waals surface area contributed by atoms with Gasteiger partial charge in [0.25, 0.3) is 7.82 Å². The summed E-state index contributed by atoms with van der Waals surface area (Å²) in [7, 11) is 1.34. The Bertz CT molecular complexity index is 947. The Morgan fingerprint density at radius 3 is 1.62 bits per heavy atom. The lowest BCUT2D eigenvalue weighted by Crippen LogP contribution is -2.37. The van der Waals surface area contributed by atoms with E-state index in [1.54, 1.807) is 0 Å². The molecule has 0 radical (unpaired) electrons. The van der Waals surface area contributed by atoms with E-state index >= 15 is 0 Å². The molecule has 8 nitrogen and oxygen atoms in total. The predicted molar refractivity (Wildman–Crippen MR) is 222 cm³/mol. The fraction of sp³-hybridized carbons (Fsp3) is 0.841. The Labute approximate surface area is 327 Å². The SMILES string of the molecule is CCC/C=C\C/C=C\CCCCCCCCOCC(COP(=O)([O-])OCC[N+](C)(C)C)OC(=O)CCCCCCCCC/C=C\CCCCCCCC. The number of likely N-dealkylation sites (N-methyl/N-ethyl adjacent to an activating group) is 1. The Morgan fingerprint density at radius 1 is 0.585 bits per heavy atom. The molecule has 0 saturated heterocycles. The molecule has 0 rings (SSSR count). The number of hydrogen-bond acceptors (Lipinski definition) is 7. The summed E-state index contributed by atoms with van der Waals surface area (Å²) in [6, 6.07) is 0. The van der Waals surface area contributed by atoms with E-state index in [-0.39, 0.29) is 25.8 Å². The van der Waals surface area contributed by atoms with Crippen LogP contribution in [0.3, 0.4) is 0 Å². The molecule has 2 unspecified atom stereocenters. The maximum Gasteiger partial charge on any atom is 0.306 e. The van der Waals surface area contributed by atoms with Crippen molar-refractivity contribution in [1.82, 2.24) is 0 Å². The molecule has 0 saturated carbocycles. The monoisotopic (exact) mass is 770 g/mol. The van der Waals surface area contributed by atoms with Gasteiger partial charge in [-0.25, -0.2) is 0 Å². The Morgan fingerprint density at radius 2 is 1.08 bits per heavy atom. The van der Waals surface area contributed by atoms with Crippen LogP contribution in [0.25, 0.3) is 0 Å². The summed E-state index contributed by atoms with van der Waals surface area (Å²) >= 11 is 0. The van der Waals surface area contributed by atoms with Crippen molar-refractivity contribution in [2.24, 2.45) is 0 Å². The summed E-state index contributed by atoms with van der Waals surface area (Å²) in [4.78, 5) is 25.0. The van der Waals surface area contributed by atoms with Crippen LogP contribution in [0.5, 0.6) is 0 Å². The van der Waals surface area contributed by atoms with Gasteiger partial charge in [-0.2, -0.15) is 0 Å². The van der Waals surface area contributed by atoms with Gasteiger partial charge in [-0.3, -0.25) is 9.36 Å². The summed E-state index contributed by atoms with van der Waals surface area (Å²) < 4.78 is 34.5. The minimum Gasteiger partial charge on any atom is -0.756 e. The Balaban J connectivity index is 4.25. The van der Waals surface area contributed by atoms with Crippen LogP contribution in [0.15, 0.2) is 36.5 Å². The van der Waals surface area contributed by atoms with Crippen LogP contribution in [-0.2, 0) is 27.9 Å². The van der Waals surface area contributed by atoms with Gasteiger partial charge in [0.1, 0.15) is 19.3 Å². The normalized spacial score (nSPS) is 14.2. The number of unbranched alkanes of at least 4 members (excludes halogenated alkanes) is 20. The van der Waals surface area contributed by atoms with Crippen LogP contribution in [0.2, 0.25) is 0 Å². The zero-order chi connectivity index (χ0) is 39.1. The van der Waals surface area contributed by atoms with Crippen molar-refractivity contribution in [2.45, 2.75) is 187 Å². The summed E-state index contributed by atoms with van der Waals surface area (Å²) in [5.74, 6) is -0.343. The molecule has 2 atom stereocenters. The lowest BCUT2D eigenvalue weighted by atomic mass is 10.1. The summed E-state index contributed by atoms with van der Waals surface area (Å²) in [5.41, 5.74) is 0. The van der Waals surface area contributed by atoms with Crippen LogP contribution < -0.4 is 4.89 Å². The molecule has 0 fully saturated rings. The second kappa shape index (κ2) is 37.6. The van der Waals surface area contributed by atoms with Crippen LogP contribution in [0.4, 0.5) is 0 Å². The van der Waals surface area contributed by atoms with Crippen molar-refractivity contribution in [1.29, 1.82) is 0 Å². The van der Waals surface area contributed by atoms with Crippen molar-refractivity contribution in [3.63, 3.8) is 0 Å². The highest BCUT2D eigenvalue weighted by atomic mass is 31.2. The van der Waals surface area contributed by atoms with Gasteiger partial charge in [-0.1, -0.05) is 147 Å². The molecule has 0 aromatic rings. The maximum atomic E-state index is 12.7. The zero-order valence-corrected chi connectivity index (χ0v) is 36.1. The quantitative estimate of drug-likeness (QED) is 0.0201. The second-order valence-electron chi connectivity index (χ2n) is 15.7. The molecule has 0 aliphatic carbocycles. The Kier molecular flexibility index (Phi) is 36.7. The average molecular weight is 770 g/mol. The number of phosphoric acid groups is 1. The van der Waals surface area contributed by atoms with Crippen LogP contribution in [0, 0.1) is 0 Å². The summed E-state index contributed by atoms with van der Waals surface area (Å²) in [6.45, 7) is 5.32. The number of carbonyl (C=O) groups is 1. The van der Waals surface area contributed by atoms with Gasteiger partial charge < -0.3 is 27.9 Å². The van der Waals surface area contributed by atoms with Gasteiger partial charge in [0, 0.05) is 13.0 Å². The highest BCUT2D eigenvalue weighted by Crippen LogP contribution is 2.38. The van der Waals surface area contributed by atoms with Gasteiger partial charge in [-0.05, 0) is 64.2 Å². The first-order valence-corrected chi connectivity index (χ1v) is 23.2. The number of phosphoric ester groups is 1. The van der Waals surface area contributed by atoms with E-state index in [9.17, 15) is 14.3 Å². The fourth-order valence-corrected chi connectivity index (χ4v) is 6.48. The number of allylic oxidation sites excluding steroid dienone is 6. The van der Waals surface area contributed by atoms with Gasteiger partial charge in [0.05, 0.1) is 34.4 Å². The van der Waals surface area contributed by atoms with E-state index in [0.29, 0.717) is 24.1 Å². The van der Waals surface area contributed by atoms with E-state index in [1.807, 2.05) is 21.1 Å². The van der Waals surface area contributed by atoms with E-state index in [0.717, 1.165) is 57.8 Å². The van der Waals surface area contributed by atoms with E-state index in [4.69, 9.17) is 18.5 Å². The maximum absolute atomic E-state index is 12.7. The van der Waals surface area contributed by atoms with Crippen molar-refractivity contribution in [3.05, 3.63) is 36.5 Å². The number of hydrogen-bond donors (Lipinski definition) is 0. The van der Waals surface area contributed by atoms with Crippen molar-refractivity contribution >= 4 is 13.8 Å².